The second-order valence-electron chi connectivity index (χ2n) is 8.80. The highest BCUT2D eigenvalue weighted by Crippen LogP contribution is 2.36. The molecule has 0 bridgehead atoms. The molecule has 33 heavy (non-hydrogen) atoms. The molecule has 2 aliphatic heterocycles. The van der Waals surface area contributed by atoms with Crippen molar-refractivity contribution in [1.29, 1.82) is 0 Å². The number of pyridine rings is 1. The third-order valence-corrected chi connectivity index (χ3v) is 6.19. The Kier molecular flexibility index (Phi) is 5.71. The number of nitrogens with zero attached hydrogens (tertiary/aromatic N) is 5. The lowest BCUT2D eigenvalue weighted by Gasteiger charge is -2.36. The van der Waals surface area contributed by atoms with Gasteiger partial charge in [-0.05, 0) is 32.2 Å². The first-order chi connectivity index (χ1) is 15.9. The normalized spacial score (nSPS) is 19.6. The fourth-order valence-electron chi connectivity index (χ4n) is 4.48. The summed E-state index contributed by atoms with van der Waals surface area (Å²) in [5, 5.41) is 13.9. The zero-order chi connectivity index (χ0) is 23.1. The van der Waals surface area contributed by atoms with Crippen molar-refractivity contribution in [3.63, 3.8) is 0 Å². The summed E-state index contributed by atoms with van der Waals surface area (Å²) in [5.41, 5.74) is -0.416. The van der Waals surface area contributed by atoms with Gasteiger partial charge in [0.1, 0.15) is 23.1 Å². The molecule has 0 spiro atoms. The maximum atomic E-state index is 15.2. The van der Waals surface area contributed by atoms with Gasteiger partial charge < -0.3 is 25.0 Å². The van der Waals surface area contributed by atoms with Crippen LogP contribution in [-0.2, 0) is 0 Å². The van der Waals surface area contributed by atoms with Crippen LogP contribution in [0.3, 0.4) is 0 Å². The molecular formula is C23H26F2N6O2. The molecule has 1 unspecified atom stereocenters. The lowest BCUT2D eigenvalue weighted by Crippen LogP contribution is -2.50. The number of aromatic nitrogens is 3. The largest absolute Gasteiger partial charge is 0.507 e. The molecule has 5 rings (SSSR count). The third kappa shape index (κ3) is 4.16. The van der Waals surface area contributed by atoms with Crippen molar-refractivity contribution >= 4 is 16.9 Å². The molecule has 0 amide bonds. The molecule has 3 aromatic rings. The van der Waals surface area contributed by atoms with Crippen molar-refractivity contribution < 1.29 is 18.6 Å². The number of aromatic hydroxyl groups is 1. The quantitative estimate of drug-likeness (QED) is 0.606. The van der Waals surface area contributed by atoms with Gasteiger partial charge in [0.15, 0.2) is 11.5 Å². The Balaban J connectivity index is 1.61. The summed E-state index contributed by atoms with van der Waals surface area (Å²) < 4.78 is 35.6. The standard InChI is InChI=1S/C23H26F2N6O2/c1-13-9-26-6-7-31(13)22-15-8-17(25)20(19-16(24)4-3-5-18(19)32)27-21(15)28-23(29-22)33-12-14-10-30(2)11-14/h3-5,8,13-14,26,32H,6-7,9-12H2,1-2H3. The summed E-state index contributed by atoms with van der Waals surface area (Å²) in [6, 6.07) is 5.32. The molecule has 0 saturated carbocycles. The lowest BCUT2D eigenvalue weighted by atomic mass is 10.0. The Morgan fingerprint density at radius 1 is 1.18 bits per heavy atom. The van der Waals surface area contributed by atoms with E-state index >= 15 is 4.39 Å². The number of piperazine rings is 1. The van der Waals surface area contributed by atoms with Gasteiger partial charge in [0.25, 0.3) is 0 Å². The molecule has 2 fully saturated rings. The number of phenols is 1. The molecular weight excluding hydrogens is 430 g/mol. The van der Waals surface area contributed by atoms with E-state index in [4.69, 9.17) is 4.74 Å². The highest BCUT2D eigenvalue weighted by Gasteiger charge is 2.27. The summed E-state index contributed by atoms with van der Waals surface area (Å²) in [7, 11) is 2.05. The molecule has 2 aliphatic rings. The van der Waals surface area contributed by atoms with E-state index in [0.29, 0.717) is 30.3 Å². The second-order valence-corrected chi connectivity index (χ2v) is 8.80. The van der Waals surface area contributed by atoms with E-state index in [9.17, 15) is 9.50 Å². The van der Waals surface area contributed by atoms with Crippen LogP contribution < -0.4 is 15.0 Å². The molecule has 2 N–H and O–H groups in total. The van der Waals surface area contributed by atoms with Gasteiger partial charge >= 0.3 is 6.01 Å². The van der Waals surface area contributed by atoms with Gasteiger partial charge in [0.2, 0.25) is 0 Å². The molecule has 1 atom stereocenters. The van der Waals surface area contributed by atoms with E-state index in [1.165, 1.54) is 18.2 Å². The summed E-state index contributed by atoms with van der Waals surface area (Å²) in [6.07, 6.45) is 0. The van der Waals surface area contributed by atoms with Gasteiger partial charge in [-0.2, -0.15) is 9.97 Å². The number of likely N-dealkylation sites (tertiary alicyclic amines) is 1. The van der Waals surface area contributed by atoms with Crippen LogP contribution in [-0.4, -0.2) is 77.4 Å². The Bertz CT molecular complexity index is 1170. The number of rotatable bonds is 5. The average Bonchev–Trinajstić information content (AvgIpc) is 2.76. The van der Waals surface area contributed by atoms with E-state index < -0.39 is 17.4 Å². The van der Waals surface area contributed by atoms with Crippen LogP contribution in [0.4, 0.5) is 14.6 Å². The van der Waals surface area contributed by atoms with Crippen molar-refractivity contribution in [2.24, 2.45) is 5.92 Å². The zero-order valence-electron chi connectivity index (χ0n) is 18.6. The molecule has 4 heterocycles. The number of fused-ring (bicyclic) bond motifs is 1. The van der Waals surface area contributed by atoms with Crippen molar-refractivity contribution in [2.45, 2.75) is 13.0 Å². The van der Waals surface area contributed by atoms with Gasteiger partial charge in [-0.3, -0.25) is 0 Å². The molecule has 1 aromatic carbocycles. The minimum absolute atomic E-state index is 0.114. The average molecular weight is 456 g/mol. The van der Waals surface area contributed by atoms with Crippen LogP contribution in [0.25, 0.3) is 22.3 Å². The number of hydrogen-bond acceptors (Lipinski definition) is 8. The molecule has 174 valence electrons. The van der Waals surface area contributed by atoms with Crippen LogP contribution in [0, 0.1) is 17.6 Å². The van der Waals surface area contributed by atoms with Crippen molar-refractivity contribution in [3.05, 3.63) is 35.9 Å². The molecule has 10 heteroatoms. The molecule has 0 aliphatic carbocycles. The fraction of sp³-hybridized carbons (Fsp3) is 0.435. The van der Waals surface area contributed by atoms with Crippen molar-refractivity contribution in [3.8, 4) is 23.0 Å². The summed E-state index contributed by atoms with van der Waals surface area (Å²) in [5.74, 6) is -0.997. The molecule has 0 radical (unpaired) electrons. The van der Waals surface area contributed by atoms with Gasteiger partial charge in [0, 0.05) is 44.7 Å². The Hall–Kier alpha value is -3.11. The third-order valence-electron chi connectivity index (χ3n) is 6.19. The summed E-state index contributed by atoms with van der Waals surface area (Å²) >= 11 is 0. The van der Waals surface area contributed by atoms with Crippen molar-refractivity contribution in [1.82, 2.24) is 25.2 Å². The highest BCUT2D eigenvalue weighted by molar-refractivity contribution is 5.90. The first kappa shape index (κ1) is 21.7. The monoisotopic (exact) mass is 456 g/mol. The van der Waals surface area contributed by atoms with E-state index in [0.717, 1.165) is 32.2 Å². The predicted molar refractivity (Wildman–Crippen MR) is 121 cm³/mol. The van der Waals surface area contributed by atoms with Gasteiger partial charge in [-0.25, -0.2) is 13.8 Å². The SMILES string of the molecule is CC1CNCCN1c1nc(OCC2CN(C)C2)nc2nc(-c3c(O)cccc3F)c(F)cc12. The number of hydrogen-bond donors (Lipinski definition) is 2. The maximum Gasteiger partial charge on any atom is 0.320 e. The zero-order valence-corrected chi connectivity index (χ0v) is 18.6. The fourth-order valence-corrected chi connectivity index (χ4v) is 4.48. The number of nitrogens with one attached hydrogen (secondary N) is 1. The van der Waals surface area contributed by atoms with Gasteiger partial charge in [-0.1, -0.05) is 6.07 Å². The Labute approximate surface area is 190 Å². The first-order valence-electron chi connectivity index (χ1n) is 11.1. The van der Waals surface area contributed by atoms with E-state index in [1.807, 2.05) is 7.05 Å². The smallest absolute Gasteiger partial charge is 0.320 e. The number of phenolic OH excluding ortho intramolecular Hbond substituents is 1. The predicted octanol–water partition coefficient (Wildman–Crippen LogP) is 2.41. The number of anilines is 1. The number of benzene rings is 1. The van der Waals surface area contributed by atoms with E-state index in [-0.39, 0.29) is 29.0 Å². The summed E-state index contributed by atoms with van der Waals surface area (Å²) in [4.78, 5) is 17.6. The second kappa shape index (κ2) is 8.68. The topological polar surface area (TPSA) is 86.6 Å². The van der Waals surface area contributed by atoms with Crippen LogP contribution in [0.2, 0.25) is 0 Å². The molecule has 2 saturated heterocycles. The Morgan fingerprint density at radius 3 is 2.73 bits per heavy atom. The van der Waals surface area contributed by atoms with Gasteiger partial charge in [-0.15, -0.1) is 0 Å². The lowest BCUT2D eigenvalue weighted by molar-refractivity contribution is 0.0819. The van der Waals surface area contributed by atoms with Crippen LogP contribution >= 0.6 is 0 Å². The minimum Gasteiger partial charge on any atom is -0.507 e. The van der Waals surface area contributed by atoms with Gasteiger partial charge in [0.05, 0.1) is 17.6 Å². The first-order valence-corrected chi connectivity index (χ1v) is 11.1. The Morgan fingerprint density at radius 2 is 2.00 bits per heavy atom. The summed E-state index contributed by atoms with van der Waals surface area (Å²) in [6.45, 7) is 6.60. The number of halogens is 2. The molecule has 2 aromatic heterocycles. The van der Waals surface area contributed by atoms with Crippen LogP contribution in [0.1, 0.15) is 6.92 Å². The van der Waals surface area contributed by atoms with Crippen LogP contribution in [0.5, 0.6) is 11.8 Å². The molecule has 8 nitrogen and oxygen atoms in total. The maximum absolute atomic E-state index is 15.2. The van der Waals surface area contributed by atoms with Crippen molar-refractivity contribution in [2.75, 3.05) is 51.3 Å². The van der Waals surface area contributed by atoms with E-state index in [2.05, 4.69) is 37.0 Å². The minimum atomic E-state index is -0.767. The highest BCUT2D eigenvalue weighted by atomic mass is 19.1. The van der Waals surface area contributed by atoms with E-state index in [1.54, 1.807) is 0 Å². The van der Waals surface area contributed by atoms with Crippen LogP contribution in [0.15, 0.2) is 24.3 Å². The number of ether oxygens (including phenoxy) is 1.